The van der Waals surface area contributed by atoms with Gasteiger partial charge in [-0.15, -0.1) is 0 Å². The van der Waals surface area contributed by atoms with Crippen LogP contribution in [0.25, 0.3) is 0 Å². The Balaban J connectivity index is 1.53. The van der Waals surface area contributed by atoms with Crippen molar-refractivity contribution in [1.29, 1.82) is 0 Å². The third-order valence-electron chi connectivity index (χ3n) is 6.43. The Kier molecular flexibility index (Phi) is 7.46. The second-order valence-electron chi connectivity index (χ2n) is 8.75. The van der Waals surface area contributed by atoms with Gasteiger partial charge in [-0.3, -0.25) is 9.59 Å². The highest BCUT2D eigenvalue weighted by atomic mass is 19.1. The van der Waals surface area contributed by atoms with Gasteiger partial charge in [0, 0.05) is 19.2 Å². The Labute approximate surface area is 204 Å². The number of benzene rings is 3. The summed E-state index contributed by atoms with van der Waals surface area (Å²) in [7, 11) is 1.61. The van der Waals surface area contributed by atoms with E-state index in [1.165, 1.54) is 19.1 Å². The summed E-state index contributed by atoms with van der Waals surface area (Å²) in [5.41, 5.74) is 3.33. The summed E-state index contributed by atoms with van der Waals surface area (Å²) in [6.45, 7) is 1.90. The fourth-order valence-corrected chi connectivity index (χ4v) is 4.49. The Morgan fingerprint density at radius 2 is 1.71 bits per heavy atom. The molecule has 1 aliphatic rings. The van der Waals surface area contributed by atoms with E-state index in [4.69, 9.17) is 4.74 Å². The van der Waals surface area contributed by atoms with Crippen molar-refractivity contribution in [1.82, 2.24) is 5.32 Å². The van der Waals surface area contributed by atoms with E-state index in [0.29, 0.717) is 24.9 Å². The first kappa shape index (κ1) is 24.4. The van der Waals surface area contributed by atoms with Gasteiger partial charge in [-0.05, 0) is 65.9 Å². The molecule has 4 rings (SSSR count). The molecule has 35 heavy (non-hydrogen) atoms. The van der Waals surface area contributed by atoms with Crippen LogP contribution in [0.4, 0.5) is 10.1 Å². The topological polar surface area (TPSA) is 78.9 Å². The Morgan fingerprint density at radius 1 is 1.06 bits per heavy atom. The number of carbonyl (C=O) groups excluding carboxylic acids is 2. The van der Waals surface area contributed by atoms with Crippen LogP contribution < -0.4 is 15.0 Å². The summed E-state index contributed by atoms with van der Waals surface area (Å²) >= 11 is 0. The first-order chi connectivity index (χ1) is 16.9. The van der Waals surface area contributed by atoms with Gasteiger partial charge in [-0.25, -0.2) is 4.39 Å². The molecule has 1 aliphatic heterocycles. The highest BCUT2D eigenvalue weighted by molar-refractivity contribution is 6.03. The SMILES string of the molecule is COc1ccc(C2C(CCC(O)c3ccc(F)cc3)C(=O)N2c2ccc(CNC(C)=O)cc2)cc1. The fourth-order valence-electron chi connectivity index (χ4n) is 4.49. The lowest BCUT2D eigenvalue weighted by Gasteiger charge is -2.48. The van der Waals surface area contributed by atoms with Crippen LogP contribution in [0.5, 0.6) is 5.75 Å². The number of aliphatic hydroxyl groups excluding tert-OH is 1. The summed E-state index contributed by atoms with van der Waals surface area (Å²) in [5, 5.41) is 13.4. The van der Waals surface area contributed by atoms with E-state index >= 15 is 0 Å². The van der Waals surface area contributed by atoms with Crippen molar-refractivity contribution in [3.8, 4) is 5.75 Å². The van der Waals surface area contributed by atoms with Gasteiger partial charge in [-0.2, -0.15) is 0 Å². The zero-order valence-electron chi connectivity index (χ0n) is 19.8. The number of nitrogens with one attached hydrogen (secondary N) is 1. The normalized spacial score (nSPS) is 18.1. The Morgan fingerprint density at radius 3 is 2.31 bits per heavy atom. The van der Waals surface area contributed by atoms with Gasteiger partial charge < -0.3 is 20.1 Å². The molecular formula is C28H29FN2O4. The monoisotopic (exact) mass is 476 g/mol. The number of ether oxygens (including phenoxy) is 1. The number of rotatable bonds is 9. The van der Waals surface area contributed by atoms with Crippen molar-refractivity contribution in [2.45, 2.75) is 38.5 Å². The number of anilines is 1. The molecule has 3 unspecified atom stereocenters. The molecule has 0 spiro atoms. The molecule has 3 atom stereocenters. The average molecular weight is 477 g/mol. The zero-order valence-corrected chi connectivity index (χ0v) is 19.8. The summed E-state index contributed by atoms with van der Waals surface area (Å²) in [6, 6.07) is 20.8. The molecule has 2 N–H and O–H groups in total. The largest absolute Gasteiger partial charge is 0.497 e. The van der Waals surface area contributed by atoms with Crippen molar-refractivity contribution in [2.75, 3.05) is 12.0 Å². The number of methoxy groups -OCH3 is 1. The van der Waals surface area contributed by atoms with Gasteiger partial charge in [-0.1, -0.05) is 36.4 Å². The van der Waals surface area contributed by atoms with Crippen LogP contribution >= 0.6 is 0 Å². The molecule has 0 saturated carbocycles. The van der Waals surface area contributed by atoms with Crippen LogP contribution in [0.3, 0.4) is 0 Å². The fraction of sp³-hybridized carbons (Fsp3) is 0.286. The maximum atomic E-state index is 13.3. The van der Waals surface area contributed by atoms with E-state index in [2.05, 4.69) is 5.32 Å². The maximum Gasteiger partial charge on any atom is 0.233 e. The molecule has 0 aromatic heterocycles. The maximum absolute atomic E-state index is 13.3. The van der Waals surface area contributed by atoms with E-state index in [1.54, 1.807) is 24.1 Å². The molecule has 1 saturated heterocycles. The number of nitrogens with zero attached hydrogens (tertiary/aromatic N) is 1. The lowest BCUT2D eigenvalue weighted by Crippen LogP contribution is -2.55. The van der Waals surface area contributed by atoms with Crippen molar-refractivity contribution < 1.29 is 23.8 Å². The van der Waals surface area contributed by atoms with Gasteiger partial charge in [0.25, 0.3) is 0 Å². The average Bonchev–Trinajstić information content (AvgIpc) is 2.87. The highest BCUT2D eigenvalue weighted by Gasteiger charge is 2.48. The van der Waals surface area contributed by atoms with Crippen molar-refractivity contribution in [3.63, 3.8) is 0 Å². The third kappa shape index (κ3) is 5.52. The second kappa shape index (κ2) is 10.7. The number of hydrogen-bond acceptors (Lipinski definition) is 4. The van der Waals surface area contributed by atoms with Gasteiger partial charge in [0.2, 0.25) is 11.8 Å². The van der Waals surface area contributed by atoms with Crippen molar-refractivity contribution in [2.24, 2.45) is 5.92 Å². The van der Waals surface area contributed by atoms with E-state index in [0.717, 1.165) is 22.6 Å². The van der Waals surface area contributed by atoms with Gasteiger partial charge in [0.15, 0.2) is 0 Å². The van der Waals surface area contributed by atoms with E-state index in [9.17, 15) is 19.1 Å². The van der Waals surface area contributed by atoms with Crippen LogP contribution in [0.15, 0.2) is 72.8 Å². The summed E-state index contributed by atoms with van der Waals surface area (Å²) in [6.07, 6.45) is 0.102. The molecule has 3 aromatic rings. The molecule has 1 fully saturated rings. The summed E-state index contributed by atoms with van der Waals surface area (Å²) in [5.74, 6) is -0.0218. The predicted octanol–water partition coefficient (Wildman–Crippen LogP) is 4.69. The van der Waals surface area contributed by atoms with Crippen LogP contribution in [-0.2, 0) is 16.1 Å². The molecule has 2 amide bonds. The predicted molar refractivity (Wildman–Crippen MR) is 131 cm³/mol. The third-order valence-corrected chi connectivity index (χ3v) is 6.43. The van der Waals surface area contributed by atoms with Gasteiger partial charge in [0.05, 0.1) is 25.2 Å². The molecule has 0 radical (unpaired) electrons. The van der Waals surface area contributed by atoms with Crippen molar-refractivity contribution >= 4 is 17.5 Å². The van der Waals surface area contributed by atoms with E-state index in [-0.39, 0.29) is 29.6 Å². The number of amides is 2. The summed E-state index contributed by atoms with van der Waals surface area (Å²) in [4.78, 5) is 26.2. The molecule has 0 aliphatic carbocycles. The zero-order chi connectivity index (χ0) is 24.9. The number of hydrogen-bond donors (Lipinski definition) is 2. The standard InChI is InChI=1S/C28H29FN2O4/c1-18(32)30-17-19-3-11-23(12-4-19)31-27(21-7-13-24(35-2)14-8-21)25(28(31)34)15-16-26(33)20-5-9-22(29)10-6-20/h3-14,25-27,33H,15-17H2,1-2H3,(H,30,32). The smallest absolute Gasteiger partial charge is 0.233 e. The second-order valence-corrected chi connectivity index (χ2v) is 8.75. The number of carbonyl (C=O) groups is 2. The Bertz CT molecular complexity index is 1160. The molecule has 182 valence electrons. The quantitative estimate of drug-likeness (QED) is 0.439. The molecule has 0 bridgehead atoms. The van der Waals surface area contributed by atoms with Crippen molar-refractivity contribution in [3.05, 3.63) is 95.3 Å². The number of β-lactam (4-membered cyclic amide) rings is 1. The number of aliphatic hydroxyl groups is 1. The van der Waals surface area contributed by atoms with Crippen LogP contribution in [-0.4, -0.2) is 24.0 Å². The van der Waals surface area contributed by atoms with Crippen LogP contribution in [0.2, 0.25) is 0 Å². The van der Waals surface area contributed by atoms with E-state index < -0.39 is 6.10 Å². The number of halogens is 1. The minimum Gasteiger partial charge on any atom is -0.497 e. The molecule has 7 heteroatoms. The van der Waals surface area contributed by atoms with Gasteiger partial charge in [0.1, 0.15) is 11.6 Å². The lowest BCUT2D eigenvalue weighted by molar-refractivity contribution is -0.131. The highest BCUT2D eigenvalue weighted by Crippen LogP contribution is 2.46. The minimum atomic E-state index is -0.776. The van der Waals surface area contributed by atoms with Crippen LogP contribution in [0, 0.1) is 11.7 Å². The molecule has 1 heterocycles. The minimum absolute atomic E-state index is 0.00765. The molecule has 6 nitrogen and oxygen atoms in total. The molecule has 3 aromatic carbocycles. The lowest BCUT2D eigenvalue weighted by atomic mass is 9.78. The van der Waals surface area contributed by atoms with Crippen LogP contribution in [0.1, 0.15) is 48.6 Å². The molecular weight excluding hydrogens is 447 g/mol. The Hall–Kier alpha value is -3.71. The summed E-state index contributed by atoms with van der Waals surface area (Å²) < 4.78 is 18.5. The first-order valence-corrected chi connectivity index (χ1v) is 11.6. The van der Waals surface area contributed by atoms with Gasteiger partial charge >= 0.3 is 0 Å². The van der Waals surface area contributed by atoms with E-state index in [1.807, 2.05) is 48.5 Å². The first-order valence-electron chi connectivity index (χ1n) is 11.6.